The van der Waals surface area contributed by atoms with E-state index in [1.165, 1.54) is 0 Å². The van der Waals surface area contributed by atoms with Gasteiger partial charge in [0.2, 0.25) is 11.8 Å². The van der Waals surface area contributed by atoms with Crippen LogP contribution in [0.4, 0.5) is 5.69 Å². The molecule has 1 aliphatic rings. The molecule has 0 spiro atoms. The summed E-state index contributed by atoms with van der Waals surface area (Å²) < 4.78 is 16.8. The van der Waals surface area contributed by atoms with Gasteiger partial charge in [0.15, 0.2) is 11.5 Å². The number of fused-ring (bicyclic) bond motifs is 1. The standard InChI is InChI=1S/C18H17N3O3/c1-2-4-13(5-3-1)10-17-20-21-18(24-17)12-19-14-6-7-15-16(11-14)23-9-8-22-15/h1-7,11,19H,8-10,12H2. The van der Waals surface area contributed by atoms with Gasteiger partial charge in [-0.25, -0.2) is 0 Å². The summed E-state index contributed by atoms with van der Waals surface area (Å²) in [5.41, 5.74) is 2.06. The zero-order valence-corrected chi connectivity index (χ0v) is 13.1. The van der Waals surface area contributed by atoms with Crippen molar-refractivity contribution < 1.29 is 13.9 Å². The van der Waals surface area contributed by atoms with Crippen molar-refractivity contribution in [3.8, 4) is 11.5 Å². The fourth-order valence-electron chi connectivity index (χ4n) is 2.53. The van der Waals surface area contributed by atoms with E-state index < -0.39 is 0 Å². The van der Waals surface area contributed by atoms with Crippen molar-refractivity contribution >= 4 is 5.69 Å². The van der Waals surface area contributed by atoms with Crippen molar-refractivity contribution in [1.82, 2.24) is 10.2 Å². The second kappa shape index (κ2) is 6.62. The maximum Gasteiger partial charge on any atom is 0.235 e. The molecule has 0 fully saturated rings. The van der Waals surface area contributed by atoms with Crippen LogP contribution in [0.25, 0.3) is 0 Å². The molecule has 4 rings (SSSR count). The Labute approximate surface area is 139 Å². The van der Waals surface area contributed by atoms with Gasteiger partial charge in [0, 0.05) is 11.8 Å². The SMILES string of the molecule is c1ccc(Cc2nnc(CNc3ccc4c(c3)OCCO4)o2)cc1. The Kier molecular flexibility index (Phi) is 4.02. The Morgan fingerprint density at radius 1 is 0.875 bits per heavy atom. The third kappa shape index (κ3) is 3.32. The summed E-state index contributed by atoms with van der Waals surface area (Å²) in [5, 5.41) is 11.4. The van der Waals surface area contributed by atoms with E-state index in [9.17, 15) is 0 Å². The van der Waals surface area contributed by atoms with Gasteiger partial charge in [0.25, 0.3) is 0 Å². The van der Waals surface area contributed by atoms with E-state index in [4.69, 9.17) is 13.9 Å². The van der Waals surface area contributed by atoms with Gasteiger partial charge in [-0.1, -0.05) is 30.3 Å². The minimum Gasteiger partial charge on any atom is -0.486 e. The lowest BCUT2D eigenvalue weighted by molar-refractivity contribution is 0.171. The molecule has 2 aromatic carbocycles. The quantitative estimate of drug-likeness (QED) is 0.778. The molecule has 1 aliphatic heterocycles. The maximum absolute atomic E-state index is 5.68. The van der Waals surface area contributed by atoms with E-state index in [0.29, 0.717) is 38.0 Å². The normalized spacial score (nSPS) is 12.8. The second-order valence-electron chi connectivity index (χ2n) is 5.46. The van der Waals surface area contributed by atoms with Gasteiger partial charge in [-0.3, -0.25) is 0 Å². The molecule has 1 N–H and O–H groups in total. The minimum atomic E-state index is 0.460. The molecule has 0 aliphatic carbocycles. The molecule has 6 nitrogen and oxygen atoms in total. The molecule has 1 aromatic heterocycles. The van der Waals surface area contributed by atoms with Crippen LogP contribution in [0.3, 0.4) is 0 Å². The summed E-state index contributed by atoms with van der Waals surface area (Å²) in [7, 11) is 0. The fourth-order valence-corrected chi connectivity index (χ4v) is 2.53. The number of aromatic nitrogens is 2. The van der Waals surface area contributed by atoms with Crippen LogP contribution in [0.2, 0.25) is 0 Å². The number of benzene rings is 2. The van der Waals surface area contributed by atoms with Gasteiger partial charge in [0.1, 0.15) is 13.2 Å². The van der Waals surface area contributed by atoms with Gasteiger partial charge >= 0.3 is 0 Å². The van der Waals surface area contributed by atoms with Crippen molar-refractivity contribution in [1.29, 1.82) is 0 Å². The van der Waals surface area contributed by atoms with Gasteiger partial charge in [-0.05, 0) is 17.7 Å². The highest BCUT2D eigenvalue weighted by atomic mass is 16.6. The van der Waals surface area contributed by atoms with Crippen LogP contribution < -0.4 is 14.8 Å². The number of nitrogens with zero attached hydrogens (tertiary/aromatic N) is 2. The molecule has 0 atom stereocenters. The summed E-state index contributed by atoms with van der Waals surface area (Å²) in [6.07, 6.45) is 0.637. The first kappa shape index (κ1) is 14.6. The Hall–Kier alpha value is -3.02. The summed E-state index contributed by atoms with van der Waals surface area (Å²) in [4.78, 5) is 0. The second-order valence-corrected chi connectivity index (χ2v) is 5.46. The lowest BCUT2D eigenvalue weighted by Gasteiger charge is -2.19. The van der Waals surface area contributed by atoms with Gasteiger partial charge in [0.05, 0.1) is 13.0 Å². The molecule has 0 bridgehead atoms. The molecule has 24 heavy (non-hydrogen) atoms. The van der Waals surface area contributed by atoms with Crippen LogP contribution in [0.5, 0.6) is 11.5 Å². The molecule has 0 saturated carbocycles. The molecule has 0 amide bonds. The lowest BCUT2D eigenvalue weighted by atomic mass is 10.2. The first-order chi connectivity index (χ1) is 11.9. The zero-order valence-electron chi connectivity index (χ0n) is 13.1. The third-order valence-corrected chi connectivity index (χ3v) is 3.69. The predicted molar refractivity (Wildman–Crippen MR) is 88.3 cm³/mol. The minimum absolute atomic E-state index is 0.460. The first-order valence-electron chi connectivity index (χ1n) is 7.85. The topological polar surface area (TPSA) is 69.4 Å². The lowest BCUT2D eigenvalue weighted by Crippen LogP contribution is -2.15. The van der Waals surface area contributed by atoms with Crippen molar-refractivity contribution in [2.75, 3.05) is 18.5 Å². The highest BCUT2D eigenvalue weighted by Crippen LogP contribution is 2.32. The van der Waals surface area contributed by atoms with Crippen molar-refractivity contribution in [2.45, 2.75) is 13.0 Å². The Bertz CT molecular complexity index is 817. The van der Waals surface area contributed by atoms with E-state index in [-0.39, 0.29) is 0 Å². The van der Waals surface area contributed by atoms with Crippen LogP contribution in [0, 0.1) is 0 Å². The molecular formula is C18H17N3O3. The van der Waals surface area contributed by atoms with Crippen molar-refractivity contribution in [3.63, 3.8) is 0 Å². The molecule has 122 valence electrons. The van der Waals surface area contributed by atoms with Crippen LogP contribution in [0.1, 0.15) is 17.3 Å². The molecule has 0 saturated heterocycles. The average Bonchev–Trinajstić information content (AvgIpc) is 3.08. The highest BCUT2D eigenvalue weighted by Gasteiger charge is 2.12. The summed E-state index contributed by atoms with van der Waals surface area (Å²) in [5.74, 6) is 2.69. The smallest absolute Gasteiger partial charge is 0.235 e. The number of anilines is 1. The summed E-state index contributed by atoms with van der Waals surface area (Å²) >= 11 is 0. The van der Waals surface area contributed by atoms with E-state index >= 15 is 0 Å². The Morgan fingerprint density at radius 2 is 1.67 bits per heavy atom. The van der Waals surface area contributed by atoms with Gasteiger partial charge in [-0.15, -0.1) is 10.2 Å². The number of hydrogen-bond acceptors (Lipinski definition) is 6. The maximum atomic E-state index is 5.68. The highest BCUT2D eigenvalue weighted by molar-refractivity contribution is 5.55. The number of ether oxygens (including phenoxy) is 2. The van der Waals surface area contributed by atoms with Gasteiger partial charge < -0.3 is 19.2 Å². The van der Waals surface area contributed by atoms with Crippen molar-refractivity contribution in [3.05, 3.63) is 65.9 Å². The molecule has 3 aromatic rings. The third-order valence-electron chi connectivity index (χ3n) is 3.69. The summed E-state index contributed by atoms with van der Waals surface area (Å²) in [6.45, 7) is 1.62. The monoisotopic (exact) mass is 323 g/mol. The van der Waals surface area contributed by atoms with Crippen LogP contribution >= 0.6 is 0 Å². The average molecular weight is 323 g/mol. The van der Waals surface area contributed by atoms with Crippen LogP contribution in [-0.4, -0.2) is 23.4 Å². The Morgan fingerprint density at radius 3 is 2.54 bits per heavy atom. The fraction of sp³-hybridized carbons (Fsp3) is 0.222. The number of rotatable bonds is 5. The molecule has 6 heteroatoms. The summed E-state index contributed by atoms with van der Waals surface area (Å²) in [6, 6.07) is 15.8. The molecule has 2 heterocycles. The van der Waals surface area contributed by atoms with E-state index in [1.807, 2.05) is 48.5 Å². The van der Waals surface area contributed by atoms with Gasteiger partial charge in [-0.2, -0.15) is 0 Å². The van der Waals surface area contributed by atoms with E-state index in [0.717, 1.165) is 22.7 Å². The number of hydrogen-bond donors (Lipinski definition) is 1. The predicted octanol–water partition coefficient (Wildman–Crippen LogP) is 3.04. The molecule has 0 unspecified atom stereocenters. The van der Waals surface area contributed by atoms with Crippen molar-refractivity contribution in [2.24, 2.45) is 0 Å². The zero-order chi connectivity index (χ0) is 16.2. The largest absolute Gasteiger partial charge is 0.486 e. The van der Waals surface area contributed by atoms with Crippen LogP contribution in [0.15, 0.2) is 52.9 Å². The number of nitrogens with one attached hydrogen (secondary N) is 1. The van der Waals surface area contributed by atoms with Crippen LogP contribution in [-0.2, 0) is 13.0 Å². The Balaban J connectivity index is 1.38. The molecule has 0 radical (unpaired) electrons. The molecular weight excluding hydrogens is 306 g/mol. The van der Waals surface area contributed by atoms with E-state index in [2.05, 4.69) is 15.5 Å². The first-order valence-corrected chi connectivity index (χ1v) is 7.85. The van der Waals surface area contributed by atoms with E-state index in [1.54, 1.807) is 0 Å².